The molecule has 1 rings (SSSR count). The zero-order valence-corrected chi connectivity index (χ0v) is 7.94. The largest absolute Gasteiger partial charge is 0.385 e. The quantitative estimate of drug-likeness (QED) is 0.734. The molecule has 1 unspecified atom stereocenters. The van der Waals surface area contributed by atoms with E-state index < -0.39 is 23.1 Å². The summed E-state index contributed by atoms with van der Waals surface area (Å²) >= 11 is 0. The lowest BCUT2D eigenvalue weighted by molar-refractivity contribution is 0.0483. The lowest BCUT2D eigenvalue weighted by atomic mass is 9.93. The maximum Gasteiger partial charge on any atom is 0.194 e. The molecule has 0 fully saturated rings. The van der Waals surface area contributed by atoms with E-state index in [1.54, 1.807) is 6.92 Å². The maximum atomic E-state index is 13.2. The summed E-state index contributed by atoms with van der Waals surface area (Å²) in [5.41, 5.74) is -1.70. The van der Waals surface area contributed by atoms with Crippen LogP contribution in [0.4, 0.5) is 13.2 Å². The third-order valence-electron chi connectivity index (χ3n) is 2.30. The minimum atomic E-state index is -1.55. The van der Waals surface area contributed by atoms with Gasteiger partial charge in [-0.15, -0.1) is 0 Å². The van der Waals surface area contributed by atoms with E-state index >= 15 is 0 Å². The van der Waals surface area contributed by atoms with Gasteiger partial charge in [0.15, 0.2) is 17.5 Å². The van der Waals surface area contributed by atoms with E-state index in [0.717, 1.165) is 12.1 Å². The molecule has 0 spiro atoms. The second kappa shape index (κ2) is 3.61. The number of hydrogen-bond donors (Lipinski definition) is 1. The highest BCUT2D eigenvalue weighted by molar-refractivity contribution is 5.25. The van der Waals surface area contributed by atoms with Gasteiger partial charge in [0.25, 0.3) is 0 Å². The van der Waals surface area contributed by atoms with Gasteiger partial charge in [-0.05, 0) is 19.4 Å². The molecule has 4 heteroatoms. The lowest BCUT2D eigenvalue weighted by Crippen LogP contribution is -2.22. The van der Waals surface area contributed by atoms with Crippen LogP contribution in [0.25, 0.3) is 0 Å². The summed E-state index contributed by atoms with van der Waals surface area (Å²) in [5.74, 6) is -4.12. The third kappa shape index (κ3) is 1.75. The predicted octanol–water partition coefficient (Wildman–Crippen LogP) is 2.72. The van der Waals surface area contributed by atoms with Crippen molar-refractivity contribution in [1.29, 1.82) is 0 Å². The minimum absolute atomic E-state index is 0.217. The topological polar surface area (TPSA) is 20.2 Å². The summed E-state index contributed by atoms with van der Waals surface area (Å²) in [6.45, 7) is 2.98. The number of aliphatic hydroxyl groups is 1. The standard InChI is InChI=1S/C10H11F3O/c1-3-10(2,14)6-4-5-7(11)9(13)8(6)12/h4-5,14H,3H2,1-2H3. The average molecular weight is 204 g/mol. The molecule has 1 aromatic rings. The molecule has 1 nitrogen and oxygen atoms in total. The van der Waals surface area contributed by atoms with E-state index in [4.69, 9.17) is 0 Å². The molecule has 0 aliphatic heterocycles. The summed E-state index contributed by atoms with van der Waals surface area (Å²) in [7, 11) is 0. The number of hydrogen-bond acceptors (Lipinski definition) is 1. The van der Waals surface area contributed by atoms with Gasteiger partial charge in [-0.3, -0.25) is 0 Å². The van der Waals surface area contributed by atoms with Crippen LogP contribution in [0.5, 0.6) is 0 Å². The van der Waals surface area contributed by atoms with Gasteiger partial charge < -0.3 is 5.11 Å². The fraction of sp³-hybridized carbons (Fsp3) is 0.400. The van der Waals surface area contributed by atoms with Crippen molar-refractivity contribution in [2.24, 2.45) is 0 Å². The van der Waals surface area contributed by atoms with Crippen molar-refractivity contribution in [3.05, 3.63) is 35.1 Å². The van der Waals surface area contributed by atoms with Crippen molar-refractivity contribution < 1.29 is 18.3 Å². The summed E-state index contributed by atoms with van der Waals surface area (Å²) in [6.07, 6.45) is 0.217. The van der Waals surface area contributed by atoms with Gasteiger partial charge in [-0.25, -0.2) is 13.2 Å². The molecule has 0 bridgehead atoms. The lowest BCUT2D eigenvalue weighted by Gasteiger charge is -2.22. The molecule has 1 atom stereocenters. The molecule has 0 aromatic heterocycles. The molecule has 0 heterocycles. The Balaban J connectivity index is 3.31. The number of rotatable bonds is 2. The molecule has 14 heavy (non-hydrogen) atoms. The molecular weight excluding hydrogens is 193 g/mol. The van der Waals surface area contributed by atoms with Crippen LogP contribution in [0.2, 0.25) is 0 Å². The van der Waals surface area contributed by atoms with Gasteiger partial charge in [-0.2, -0.15) is 0 Å². The molecular formula is C10H11F3O. The highest BCUT2D eigenvalue weighted by Crippen LogP contribution is 2.28. The van der Waals surface area contributed by atoms with Gasteiger partial charge in [0.1, 0.15) is 0 Å². The van der Waals surface area contributed by atoms with E-state index in [1.807, 2.05) is 0 Å². The second-order valence-electron chi connectivity index (χ2n) is 3.35. The van der Waals surface area contributed by atoms with Crippen LogP contribution in [-0.2, 0) is 5.60 Å². The van der Waals surface area contributed by atoms with Crippen LogP contribution in [0.1, 0.15) is 25.8 Å². The summed E-state index contributed by atoms with van der Waals surface area (Å²) in [6, 6.07) is 1.86. The van der Waals surface area contributed by atoms with Gasteiger partial charge >= 0.3 is 0 Å². The van der Waals surface area contributed by atoms with Crippen LogP contribution >= 0.6 is 0 Å². The highest BCUT2D eigenvalue weighted by Gasteiger charge is 2.27. The Morgan fingerprint density at radius 3 is 2.29 bits per heavy atom. The Bertz CT molecular complexity index is 347. The van der Waals surface area contributed by atoms with E-state index in [1.165, 1.54) is 6.92 Å². The van der Waals surface area contributed by atoms with Crippen LogP contribution in [0, 0.1) is 17.5 Å². The summed E-state index contributed by atoms with van der Waals surface area (Å²) in [4.78, 5) is 0. The van der Waals surface area contributed by atoms with Crippen molar-refractivity contribution in [2.45, 2.75) is 25.9 Å². The maximum absolute atomic E-state index is 13.2. The molecule has 78 valence electrons. The molecule has 0 aliphatic rings. The molecule has 1 N–H and O–H groups in total. The molecule has 0 saturated carbocycles. The summed E-state index contributed by atoms with van der Waals surface area (Å²) in [5, 5.41) is 9.66. The first-order chi connectivity index (χ1) is 6.40. The van der Waals surface area contributed by atoms with E-state index in [9.17, 15) is 18.3 Å². The van der Waals surface area contributed by atoms with Crippen molar-refractivity contribution in [3.8, 4) is 0 Å². The second-order valence-corrected chi connectivity index (χ2v) is 3.35. The minimum Gasteiger partial charge on any atom is -0.385 e. The van der Waals surface area contributed by atoms with Crippen molar-refractivity contribution in [1.82, 2.24) is 0 Å². The smallest absolute Gasteiger partial charge is 0.194 e. The summed E-state index contributed by atoms with van der Waals surface area (Å²) < 4.78 is 38.5. The Morgan fingerprint density at radius 1 is 1.21 bits per heavy atom. The fourth-order valence-corrected chi connectivity index (χ4v) is 1.13. The molecule has 0 radical (unpaired) electrons. The number of halogens is 3. The predicted molar refractivity (Wildman–Crippen MR) is 46.2 cm³/mol. The van der Waals surface area contributed by atoms with Crippen LogP contribution < -0.4 is 0 Å². The molecule has 0 amide bonds. The zero-order valence-electron chi connectivity index (χ0n) is 7.94. The SMILES string of the molecule is CCC(C)(O)c1ccc(F)c(F)c1F. The van der Waals surface area contributed by atoms with E-state index in [0.29, 0.717) is 0 Å². The third-order valence-corrected chi connectivity index (χ3v) is 2.30. The molecule has 1 aromatic carbocycles. The Morgan fingerprint density at radius 2 is 1.79 bits per heavy atom. The van der Waals surface area contributed by atoms with Gasteiger partial charge in [0.05, 0.1) is 5.60 Å². The average Bonchev–Trinajstić information content (AvgIpc) is 2.14. The van der Waals surface area contributed by atoms with Crippen molar-refractivity contribution in [2.75, 3.05) is 0 Å². The van der Waals surface area contributed by atoms with Gasteiger partial charge in [0.2, 0.25) is 0 Å². The fourth-order valence-electron chi connectivity index (χ4n) is 1.13. The van der Waals surface area contributed by atoms with Crippen molar-refractivity contribution >= 4 is 0 Å². The molecule has 0 aliphatic carbocycles. The normalized spacial score (nSPS) is 15.3. The Kier molecular flexibility index (Phi) is 2.85. The van der Waals surface area contributed by atoms with E-state index in [-0.39, 0.29) is 12.0 Å². The first-order valence-corrected chi connectivity index (χ1v) is 4.26. The first kappa shape index (κ1) is 11.0. The Hall–Kier alpha value is -1.03. The van der Waals surface area contributed by atoms with Crippen molar-refractivity contribution in [3.63, 3.8) is 0 Å². The van der Waals surface area contributed by atoms with Crippen LogP contribution in [0.15, 0.2) is 12.1 Å². The van der Waals surface area contributed by atoms with Crippen LogP contribution in [-0.4, -0.2) is 5.11 Å². The number of benzene rings is 1. The first-order valence-electron chi connectivity index (χ1n) is 4.26. The zero-order chi connectivity index (χ0) is 10.9. The monoisotopic (exact) mass is 204 g/mol. The van der Waals surface area contributed by atoms with Crippen LogP contribution in [0.3, 0.4) is 0 Å². The van der Waals surface area contributed by atoms with Gasteiger partial charge in [-0.1, -0.05) is 13.0 Å². The van der Waals surface area contributed by atoms with E-state index in [2.05, 4.69) is 0 Å². The van der Waals surface area contributed by atoms with Gasteiger partial charge in [0, 0.05) is 5.56 Å². The Labute approximate surface area is 80.2 Å². The molecule has 0 saturated heterocycles. The highest BCUT2D eigenvalue weighted by atomic mass is 19.2.